The lowest BCUT2D eigenvalue weighted by Crippen LogP contribution is -2.33. The van der Waals surface area contributed by atoms with Crippen molar-refractivity contribution in [1.82, 2.24) is 20.0 Å². The molecule has 212 valence electrons. The summed E-state index contributed by atoms with van der Waals surface area (Å²) < 4.78 is 5.90. The Hall–Kier alpha value is -4.85. The van der Waals surface area contributed by atoms with Crippen LogP contribution in [-0.4, -0.2) is 70.9 Å². The number of hydrogen-bond acceptors (Lipinski definition) is 4. The van der Waals surface area contributed by atoms with E-state index in [1.54, 1.807) is 20.2 Å². The van der Waals surface area contributed by atoms with Gasteiger partial charge in [-0.15, -0.1) is 0 Å². The topological polar surface area (TPSA) is 98.8 Å². The highest BCUT2D eigenvalue weighted by atomic mass is 16.5. The number of nitrogens with zero attached hydrogens (tertiary/aromatic N) is 3. The minimum absolute atomic E-state index is 0.102. The Morgan fingerprint density at radius 2 is 1.76 bits per heavy atom. The molecule has 0 aliphatic rings. The Morgan fingerprint density at radius 3 is 2.44 bits per heavy atom. The van der Waals surface area contributed by atoms with Crippen molar-refractivity contribution < 1.29 is 19.4 Å². The summed E-state index contributed by atoms with van der Waals surface area (Å²) in [5.74, 6) is 0.453. The first-order valence-electron chi connectivity index (χ1n) is 13.6. The molecule has 0 atom stereocenters. The predicted molar refractivity (Wildman–Crippen MR) is 163 cm³/mol. The van der Waals surface area contributed by atoms with Crippen LogP contribution in [0.15, 0.2) is 85.1 Å². The molecule has 4 rings (SSSR count). The van der Waals surface area contributed by atoms with E-state index in [0.717, 1.165) is 34.0 Å². The number of ether oxygens (including phenoxy) is 1. The van der Waals surface area contributed by atoms with Crippen LogP contribution in [-0.2, 0) is 4.79 Å². The molecule has 0 saturated carbocycles. The maximum Gasteiger partial charge on any atom is 0.407 e. The average molecular weight is 553 g/mol. The van der Waals surface area contributed by atoms with E-state index in [1.165, 1.54) is 32.6 Å². The lowest BCUT2D eigenvalue weighted by molar-refractivity contribution is -0.123. The Kier molecular flexibility index (Phi) is 9.58. The molecule has 41 heavy (non-hydrogen) atoms. The average Bonchev–Trinajstić information content (AvgIpc) is 3.44. The number of hydrogen-bond donors (Lipinski definition) is 2. The summed E-state index contributed by atoms with van der Waals surface area (Å²) in [6.45, 7) is 4.76. The van der Waals surface area contributed by atoms with Crippen LogP contribution in [0.1, 0.15) is 35.6 Å². The Labute approximate surface area is 240 Å². The van der Waals surface area contributed by atoms with Crippen molar-refractivity contribution in [3.8, 4) is 5.75 Å². The number of H-pyrrole nitrogens is 1. The fourth-order valence-corrected chi connectivity index (χ4v) is 4.71. The second-order valence-corrected chi connectivity index (χ2v) is 9.93. The molecule has 0 aliphatic heterocycles. The quantitative estimate of drug-likeness (QED) is 0.169. The summed E-state index contributed by atoms with van der Waals surface area (Å²) in [6.07, 6.45) is 4.52. The van der Waals surface area contributed by atoms with Crippen LogP contribution < -0.4 is 4.74 Å². The van der Waals surface area contributed by atoms with Crippen molar-refractivity contribution in [3.63, 3.8) is 0 Å². The van der Waals surface area contributed by atoms with Crippen molar-refractivity contribution in [1.29, 1.82) is 0 Å². The summed E-state index contributed by atoms with van der Waals surface area (Å²) in [6, 6.07) is 22.7. The molecular formula is C33H36N4O4. The molecule has 0 aliphatic carbocycles. The minimum Gasteiger partial charge on any atom is -0.492 e. The van der Waals surface area contributed by atoms with Gasteiger partial charge in [0, 0.05) is 32.1 Å². The molecule has 8 heteroatoms. The van der Waals surface area contributed by atoms with Crippen LogP contribution in [0.2, 0.25) is 0 Å². The summed E-state index contributed by atoms with van der Waals surface area (Å²) in [5.41, 5.74) is 7.97. The van der Waals surface area contributed by atoms with E-state index in [-0.39, 0.29) is 25.6 Å². The highest BCUT2D eigenvalue weighted by Crippen LogP contribution is 2.37. The fraction of sp³-hybridized carbons (Fsp3) is 0.242. The maximum absolute atomic E-state index is 11.7. The van der Waals surface area contributed by atoms with E-state index in [4.69, 9.17) is 4.74 Å². The van der Waals surface area contributed by atoms with Crippen molar-refractivity contribution in [2.24, 2.45) is 0 Å². The van der Waals surface area contributed by atoms with Crippen molar-refractivity contribution in [2.75, 3.05) is 33.8 Å². The normalized spacial score (nSPS) is 11.9. The third-order valence-corrected chi connectivity index (χ3v) is 6.92. The third kappa shape index (κ3) is 7.22. The van der Waals surface area contributed by atoms with Gasteiger partial charge in [-0.05, 0) is 71.0 Å². The molecule has 0 saturated heterocycles. The van der Waals surface area contributed by atoms with Gasteiger partial charge >= 0.3 is 6.09 Å². The van der Waals surface area contributed by atoms with E-state index in [0.29, 0.717) is 5.75 Å². The number of aryl methyl sites for hydroxylation is 1. The Morgan fingerprint density at radius 1 is 1.02 bits per heavy atom. The van der Waals surface area contributed by atoms with Gasteiger partial charge in [0.05, 0.1) is 18.3 Å². The zero-order chi connectivity index (χ0) is 29.4. The SMILES string of the molecule is CCC(=C(c1ccc(OCCN(CC=CC(=O)N(C)C)C(=O)O)cc1)c1ccc2[nH]ncc2c1)c1ccccc1C. The van der Waals surface area contributed by atoms with Gasteiger partial charge < -0.3 is 19.6 Å². The summed E-state index contributed by atoms with van der Waals surface area (Å²) in [5, 5.41) is 17.8. The van der Waals surface area contributed by atoms with Crippen LogP contribution in [0.4, 0.5) is 4.79 Å². The van der Waals surface area contributed by atoms with Crippen LogP contribution in [0, 0.1) is 6.92 Å². The number of carbonyl (C=O) groups is 2. The maximum atomic E-state index is 11.7. The molecule has 2 amide bonds. The molecule has 0 radical (unpaired) electrons. The lowest BCUT2D eigenvalue weighted by Gasteiger charge is -2.19. The second-order valence-electron chi connectivity index (χ2n) is 9.93. The predicted octanol–water partition coefficient (Wildman–Crippen LogP) is 6.24. The van der Waals surface area contributed by atoms with Crippen LogP contribution in [0.3, 0.4) is 0 Å². The van der Waals surface area contributed by atoms with Gasteiger partial charge in [0.1, 0.15) is 12.4 Å². The number of carbonyl (C=O) groups excluding carboxylic acids is 1. The Bertz CT molecular complexity index is 1570. The number of benzene rings is 3. The van der Waals surface area contributed by atoms with Gasteiger partial charge in [-0.1, -0.05) is 55.5 Å². The molecule has 8 nitrogen and oxygen atoms in total. The highest BCUT2D eigenvalue weighted by molar-refractivity contribution is 6.00. The Balaban J connectivity index is 1.56. The highest BCUT2D eigenvalue weighted by Gasteiger charge is 2.16. The molecule has 0 unspecified atom stereocenters. The molecular weight excluding hydrogens is 516 g/mol. The summed E-state index contributed by atoms with van der Waals surface area (Å²) in [7, 11) is 3.28. The molecule has 4 aromatic rings. The smallest absolute Gasteiger partial charge is 0.407 e. The second kappa shape index (κ2) is 13.5. The van der Waals surface area contributed by atoms with E-state index < -0.39 is 6.09 Å². The van der Waals surface area contributed by atoms with Crippen LogP contribution >= 0.6 is 0 Å². The van der Waals surface area contributed by atoms with E-state index in [9.17, 15) is 14.7 Å². The van der Waals surface area contributed by atoms with Gasteiger partial charge in [-0.3, -0.25) is 9.89 Å². The molecule has 0 fully saturated rings. The molecule has 1 aromatic heterocycles. The zero-order valence-corrected chi connectivity index (χ0v) is 23.9. The van der Waals surface area contributed by atoms with Crippen molar-refractivity contribution in [2.45, 2.75) is 20.3 Å². The standard InChI is InChI=1S/C33H36N4O4/c1-5-28(29-10-7-6-9-23(29)2)32(25-14-17-30-26(21-25)22-34-35-30)24-12-15-27(16-13-24)41-20-19-37(33(39)40)18-8-11-31(38)36(3)4/h6-17,21-22H,5,18-20H2,1-4H3,(H,34,35)(H,39,40). The number of amides is 2. The van der Waals surface area contributed by atoms with Gasteiger partial charge in [0.15, 0.2) is 0 Å². The summed E-state index contributed by atoms with van der Waals surface area (Å²) >= 11 is 0. The van der Waals surface area contributed by atoms with Gasteiger partial charge in [-0.25, -0.2) is 4.79 Å². The largest absolute Gasteiger partial charge is 0.492 e. The molecule has 0 bridgehead atoms. The first-order valence-corrected chi connectivity index (χ1v) is 13.6. The van der Waals surface area contributed by atoms with Crippen molar-refractivity contribution in [3.05, 3.63) is 107 Å². The number of fused-ring (bicyclic) bond motifs is 1. The fourth-order valence-electron chi connectivity index (χ4n) is 4.71. The van der Waals surface area contributed by atoms with Gasteiger partial charge in [0.25, 0.3) is 0 Å². The van der Waals surface area contributed by atoms with Gasteiger partial charge in [-0.2, -0.15) is 5.10 Å². The molecule has 2 N–H and O–H groups in total. The number of allylic oxidation sites excluding steroid dienone is 1. The van der Waals surface area contributed by atoms with Crippen LogP contribution in [0.25, 0.3) is 22.0 Å². The number of nitrogens with one attached hydrogen (secondary N) is 1. The van der Waals surface area contributed by atoms with E-state index in [1.807, 2.05) is 30.5 Å². The van der Waals surface area contributed by atoms with Gasteiger partial charge in [0.2, 0.25) is 5.91 Å². The number of likely N-dealkylation sites (N-methyl/N-ethyl adjacent to an activating group) is 1. The number of rotatable bonds is 11. The van der Waals surface area contributed by atoms with E-state index in [2.05, 4.69) is 66.5 Å². The first kappa shape index (κ1) is 29.1. The zero-order valence-electron chi connectivity index (χ0n) is 23.9. The number of aromatic amines is 1. The van der Waals surface area contributed by atoms with Crippen LogP contribution in [0.5, 0.6) is 5.75 Å². The first-order chi connectivity index (χ1) is 19.8. The van der Waals surface area contributed by atoms with Crippen molar-refractivity contribution >= 4 is 34.0 Å². The lowest BCUT2D eigenvalue weighted by atomic mass is 9.86. The third-order valence-electron chi connectivity index (χ3n) is 6.92. The van der Waals surface area contributed by atoms with E-state index >= 15 is 0 Å². The number of carboxylic acid groups (broad SMARTS) is 1. The monoisotopic (exact) mass is 552 g/mol. The molecule has 1 heterocycles. The summed E-state index contributed by atoms with van der Waals surface area (Å²) in [4.78, 5) is 26.0. The molecule has 0 spiro atoms. The number of aromatic nitrogens is 2. The minimum atomic E-state index is -1.07. The molecule has 3 aromatic carbocycles.